The van der Waals surface area contributed by atoms with Crippen LogP contribution in [0.4, 0.5) is 0 Å². The maximum absolute atomic E-state index is 5.66. The molecule has 3 N–H and O–H groups in total. The van der Waals surface area contributed by atoms with Crippen LogP contribution in [0.25, 0.3) is 0 Å². The summed E-state index contributed by atoms with van der Waals surface area (Å²) in [6.45, 7) is 3.03. The Morgan fingerprint density at radius 3 is 2.85 bits per heavy atom. The summed E-state index contributed by atoms with van der Waals surface area (Å²) in [4.78, 5) is 8.35. The van der Waals surface area contributed by atoms with E-state index in [9.17, 15) is 0 Å². The SMILES string of the molecule is CCCn1ncnc1CC(CCc1ccncc1)NN. The van der Waals surface area contributed by atoms with E-state index in [1.807, 2.05) is 29.2 Å². The van der Waals surface area contributed by atoms with E-state index in [0.717, 1.165) is 38.1 Å². The van der Waals surface area contributed by atoms with Gasteiger partial charge in [-0.3, -0.25) is 20.9 Å². The van der Waals surface area contributed by atoms with Crippen molar-refractivity contribution in [3.63, 3.8) is 0 Å². The number of pyridine rings is 1. The molecule has 0 saturated carbocycles. The lowest BCUT2D eigenvalue weighted by Crippen LogP contribution is -2.38. The lowest BCUT2D eigenvalue weighted by Gasteiger charge is -2.15. The Balaban J connectivity index is 1.90. The highest BCUT2D eigenvalue weighted by Crippen LogP contribution is 2.08. The number of hydrogen-bond acceptors (Lipinski definition) is 5. The van der Waals surface area contributed by atoms with Crippen molar-refractivity contribution in [1.29, 1.82) is 0 Å². The maximum atomic E-state index is 5.66. The molecular weight excluding hydrogens is 252 g/mol. The number of rotatable bonds is 8. The van der Waals surface area contributed by atoms with Gasteiger partial charge in [0.15, 0.2) is 0 Å². The number of hydrazine groups is 1. The van der Waals surface area contributed by atoms with E-state index in [1.54, 1.807) is 6.33 Å². The third-order valence-corrected chi connectivity index (χ3v) is 3.33. The summed E-state index contributed by atoms with van der Waals surface area (Å²) in [7, 11) is 0. The number of nitrogens with two attached hydrogens (primary N) is 1. The standard InChI is InChI=1S/C14H22N6/c1-2-9-20-14(17-11-18-20)10-13(19-15)4-3-12-5-7-16-8-6-12/h5-8,11,13,19H,2-4,9-10,15H2,1H3. The highest BCUT2D eigenvalue weighted by Gasteiger charge is 2.12. The molecule has 1 unspecified atom stereocenters. The van der Waals surface area contributed by atoms with Crippen molar-refractivity contribution >= 4 is 0 Å². The van der Waals surface area contributed by atoms with Crippen LogP contribution in [0.2, 0.25) is 0 Å². The molecular formula is C14H22N6. The molecule has 1 atom stereocenters. The van der Waals surface area contributed by atoms with Gasteiger partial charge in [-0.25, -0.2) is 4.98 Å². The third kappa shape index (κ3) is 4.11. The molecule has 2 heterocycles. The maximum Gasteiger partial charge on any atom is 0.138 e. The van der Waals surface area contributed by atoms with E-state index in [-0.39, 0.29) is 6.04 Å². The number of nitrogens with zero attached hydrogens (tertiary/aromatic N) is 4. The lowest BCUT2D eigenvalue weighted by atomic mass is 10.0. The molecule has 0 saturated heterocycles. The van der Waals surface area contributed by atoms with Crippen molar-refractivity contribution in [2.24, 2.45) is 5.84 Å². The Morgan fingerprint density at radius 2 is 2.15 bits per heavy atom. The lowest BCUT2D eigenvalue weighted by molar-refractivity contribution is 0.461. The van der Waals surface area contributed by atoms with E-state index in [4.69, 9.17) is 5.84 Å². The molecule has 0 spiro atoms. The molecule has 0 fully saturated rings. The predicted octanol–water partition coefficient (Wildman–Crippen LogP) is 1.09. The number of aromatic nitrogens is 4. The van der Waals surface area contributed by atoms with Crippen LogP contribution in [0, 0.1) is 0 Å². The van der Waals surface area contributed by atoms with Crippen LogP contribution in [-0.4, -0.2) is 25.8 Å². The molecule has 0 aliphatic carbocycles. The van der Waals surface area contributed by atoms with E-state index >= 15 is 0 Å². The largest absolute Gasteiger partial charge is 0.271 e. The first-order valence-electron chi connectivity index (χ1n) is 7.05. The zero-order valence-electron chi connectivity index (χ0n) is 11.9. The van der Waals surface area contributed by atoms with Gasteiger partial charge in [-0.1, -0.05) is 6.92 Å². The average Bonchev–Trinajstić information content (AvgIpc) is 2.92. The molecule has 2 rings (SSSR count). The van der Waals surface area contributed by atoms with Gasteiger partial charge < -0.3 is 0 Å². The normalized spacial score (nSPS) is 12.5. The van der Waals surface area contributed by atoms with E-state index in [2.05, 4.69) is 27.4 Å². The van der Waals surface area contributed by atoms with Crippen molar-refractivity contribution in [1.82, 2.24) is 25.2 Å². The first-order valence-corrected chi connectivity index (χ1v) is 7.05. The predicted molar refractivity (Wildman–Crippen MR) is 77.7 cm³/mol. The van der Waals surface area contributed by atoms with Crippen LogP contribution in [0.5, 0.6) is 0 Å². The Morgan fingerprint density at radius 1 is 1.35 bits per heavy atom. The minimum absolute atomic E-state index is 0.197. The fraction of sp³-hybridized carbons (Fsp3) is 0.500. The molecule has 108 valence electrons. The highest BCUT2D eigenvalue weighted by atomic mass is 15.3. The van der Waals surface area contributed by atoms with Crippen molar-refractivity contribution < 1.29 is 0 Å². The summed E-state index contributed by atoms with van der Waals surface area (Å²) in [5.74, 6) is 6.65. The number of hydrogen-bond donors (Lipinski definition) is 2. The third-order valence-electron chi connectivity index (χ3n) is 3.33. The molecule has 6 heteroatoms. The zero-order chi connectivity index (χ0) is 14.2. The Kier molecular flexibility index (Phi) is 5.64. The summed E-state index contributed by atoms with van der Waals surface area (Å²) < 4.78 is 1.96. The topological polar surface area (TPSA) is 81.7 Å². The van der Waals surface area contributed by atoms with Gasteiger partial charge in [0.1, 0.15) is 12.2 Å². The van der Waals surface area contributed by atoms with Gasteiger partial charge in [0.25, 0.3) is 0 Å². The van der Waals surface area contributed by atoms with Crippen molar-refractivity contribution in [3.8, 4) is 0 Å². The summed E-state index contributed by atoms with van der Waals surface area (Å²) in [6.07, 6.45) is 9.02. The van der Waals surface area contributed by atoms with E-state index < -0.39 is 0 Å². The van der Waals surface area contributed by atoms with Crippen LogP contribution in [0.15, 0.2) is 30.9 Å². The molecule has 0 aliphatic heterocycles. The first kappa shape index (κ1) is 14.6. The second-order valence-electron chi connectivity index (χ2n) is 4.86. The summed E-state index contributed by atoms with van der Waals surface area (Å²) in [5, 5.41) is 4.24. The van der Waals surface area contributed by atoms with Gasteiger partial charge >= 0.3 is 0 Å². The number of nitrogens with one attached hydrogen (secondary N) is 1. The molecule has 0 bridgehead atoms. The van der Waals surface area contributed by atoms with E-state index in [1.165, 1.54) is 5.56 Å². The zero-order valence-corrected chi connectivity index (χ0v) is 11.9. The van der Waals surface area contributed by atoms with Gasteiger partial charge in [0.2, 0.25) is 0 Å². The van der Waals surface area contributed by atoms with Crippen molar-refractivity contribution in [2.45, 2.75) is 45.2 Å². The Hall–Kier alpha value is -1.79. The molecule has 0 radical (unpaired) electrons. The molecule has 20 heavy (non-hydrogen) atoms. The van der Waals surface area contributed by atoms with Crippen molar-refractivity contribution in [2.75, 3.05) is 0 Å². The van der Waals surface area contributed by atoms with Gasteiger partial charge in [-0.15, -0.1) is 0 Å². The van der Waals surface area contributed by atoms with Crippen molar-refractivity contribution in [3.05, 3.63) is 42.2 Å². The minimum Gasteiger partial charge on any atom is -0.271 e. The van der Waals surface area contributed by atoms with Crippen LogP contribution in [0.3, 0.4) is 0 Å². The molecule has 2 aromatic rings. The molecule has 0 aromatic carbocycles. The Bertz CT molecular complexity index is 495. The first-order chi connectivity index (χ1) is 9.83. The summed E-state index contributed by atoms with van der Waals surface area (Å²) in [5.41, 5.74) is 4.16. The molecule has 0 amide bonds. The monoisotopic (exact) mass is 274 g/mol. The van der Waals surface area contributed by atoms with Gasteiger partial charge in [-0.2, -0.15) is 5.10 Å². The van der Waals surface area contributed by atoms with Crippen LogP contribution < -0.4 is 11.3 Å². The molecule has 2 aromatic heterocycles. The highest BCUT2D eigenvalue weighted by molar-refractivity contribution is 5.10. The molecule has 0 aliphatic rings. The smallest absolute Gasteiger partial charge is 0.138 e. The van der Waals surface area contributed by atoms with Crippen LogP contribution >= 0.6 is 0 Å². The average molecular weight is 274 g/mol. The van der Waals surface area contributed by atoms with E-state index in [0.29, 0.717) is 0 Å². The second kappa shape index (κ2) is 7.72. The summed E-state index contributed by atoms with van der Waals surface area (Å²) >= 11 is 0. The Labute approximate surface area is 119 Å². The van der Waals surface area contributed by atoms with Gasteiger partial charge in [-0.05, 0) is 37.0 Å². The van der Waals surface area contributed by atoms with Gasteiger partial charge in [0, 0.05) is 31.4 Å². The minimum atomic E-state index is 0.197. The van der Waals surface area contributed by atoms with Crippen LogP contribution in [-0.2, 0) is 19.4 Å². The van der Waals surface area contributed by atoms with Crippen LogP contribution in [0.1, 0.15) is 31.2 Å². The molecule has 6 nitrogen and oxygen atoms in total. The second-order valence-corrected chi connectivity index (χ2v) is 4.86. The fourth-order valence-corrected chi connectivity index (χ4v) is 2.20. The van der Waals surface area contributed by atoms with Gasteiger partial charge in [0.05, 0.1) is 0 Å². The number of aryl methyl sites for hydroxylation is 2. The quantitative estimate of drug-likeness (QED) is 0.556. The summed E-state index contributed by atoms with van der Waals surface area (Å²) in [6, 6.07) is 4.27. The fourth-order valence-electron chi connectivity index (χ4n) is 2.20.